The third-order valence-corrected chi connectivity index (χ3v) is 6.57. The number of amides is 2. The van der Waals surface area contributed by atoms with Gasteiger partial charge in [0.25, 0.3) is 5.78 Å². The summed E-state index contributed by atoms with van der Waals surface area (Å²) in [4.78, 5) is 21.0. The molecule has 2 amide bonds. The van der Waals surface area contributed by atoms with E-state index < -0.39 is 6.03 Å². The standard InChI is InChI=1S/C31H27N9O2/c1-20(27-17-18-33-30-36-29(32)39-40(27)30)42-24-13-11-21(12-14-24)19-23-9-5-6-10-25(23)34-31(41)35-28-16-15-26(37-38-28)22-7-3-2-4-8-22/h2-18,20H,19H2,1H3,(H2,32,39)(H2,34,35,38,41). The summed E-state index contributed by atoms with van der Waals surface area (Å²) in [5.41, 5.74) is 10.9. The Morgan fingerprint density at radius 1 is 0.905 bits per heavy atom. The lowest BCUT2D eigenvalue weighted by molar-refractivity contribution is 0.218. The van der Waals surface area contributed by atoms with E-state index in [9.17, 15) is 4.79 Å². The van der Waals surface area contributed by atoms with Crippen LogP contribution in [0.25, 0.3) is 17.0 Å². The summed E-state index contributed by atoms with van der Waals surface area (Å²) in [6.45, 7) is 1.93. The minimum Gasteiger partial charge on any atom is -0.484 e. The van der Waals surface area contributed by atoms with Gasteiger partial charge in [-0.2, -0.15) is 9.50 Å². The Labute approximate surface area is 241 Å². The molecule has 4 N–H and O–H groups in total. The van der Waals surface area contributed by atoms with Crippen LogP contribution in [0.2, 0.25) is 0 Å². The second-order valence-electron chi connectivity index (χ2n) is 9.54. The number of fused-ring (bicyclic) bond motifs is 1. The number of carbonyl (C=O) groups is 1. The molecule has 0 bridgehead atoms. The largest absolute Gasteiger partial charge is 0.484 e. The van der Waals surface area contributed by atoms with Crippen molar-refractivity contribution in [3.05, 3.63) is 120 Å². The van der Waals surface area contributed by atoms with Crippen LogP contribution in [0.1, 0.15) is 29.8 Å². The molecule has 1 unspecified atom stereocenters. The molecule has 0 saturated heterocycles. The van der Waals surface area contributed by atoms with E-state index in [4.69, 9.17) is 10.5 Å². The first-order valence-corrected chi connectivity index (χ1v) is 13.3. The number of nitrogens with zero attached hydrogens (tertiary/aromatic N) is 6. The summed E-state index contributed by atoms with van der Waals surface area (Å²) < 4.78 is 7.74. The number of para-hydroxylation sites is 1. The number of benzene rings is 3. The van der Waals surface area contributed by atoms with Gasteiger partial charge in [-0.05, 0) is 60.9 Å². The van der Waals surface area contributed by atoms with Crippen molar-refractivity contribution in [3.63, 3.8) is 0 Å². The minimum atomic E-state index is -0.402. The number of nitrogen functional groups attached to an aromatic ring is 1. The van der Waals surface area contributed by atoms with Crippen LogP contribution >= 0.6 is 0 Å². The van der Waals surface area contributed by atoms with Crippen LogP contribution in [0.4, 0.5) is 22.2 Å². The summed E-state index contributed by atoms with van der Waals surface area (Å²) in [5, 5.41) is 18.2. The third-order valence-electron chi connectivity index (χ3n) is 6.57. The van der Waals surface area contributed by atoms with Gasteiger partial charge in [-0.1, -0.05) is 60.7 Å². The molecular formula is C31H27N9O2. The predicted molar refractivity (Wildman–Crippen MR) is 160 cm³/mol. The number of hydrogen-bond acceptors (Lipinski definition) is 8. The molecule has 0 aliphatic rings. The lowest BCUT2D eigenvalue weighted by Gasteiger charge is -2.16. The topological polar surface area (TPSA) is 145 Å². The van der Waals surface area contributed by atoms with Gasteiger partial charge in [0.05, 0.1) is 11.4 Å². The molecule has 0 saturated carbocycles. The Kier molecular flexibility index (Phi) is 7.36. The fourth-order valence-electron chi connectivity index (χ4n) is 4.53. The summed E-state index contributed by atoms with van der Waals surface area (Å²) in [6, 6.07) is 30.2. The van der Waals surface area contributed by atoms with E-state index in [1.165, 1.54) is 0 Å². The SMILES string of the molecule is CC(Oc1ccc(Cc2ccccc2NC(=O)Nc2ccc(-c3ccccc3)nn2)cc1)c1ccnc2nc(N)nn12. The molecule has 0 spiro atoms. The first kappa shape index (κ1) is 26.4. The molecule has 11 nitrogen and oxygen atoms in total. The van der Waals surface area contributed by atoms with Crippen molar-refractivity contribution < 1.29 is 9.53 Å². The smallest absolute Gasteiger partial charge is 0.324 e. The summed E-state index contributed by atoms with van der Waals surface area (Å²) >= 11 is 0. The van der Waals surface area contributed by atoms with Crippen molar-refractivity contribution in [1.29, 1.82) is 0 Å². The Bertz CT molecular complexity index is 1820. The molecule has 0 aliphatic heterocycles. The molecule has 6 aromatic rings. The lowest BCUT2D eigenvalue weighted by Crippen LogP contribution is -2.21. The third kappa shape index (κ3) is 5.99. The van der Waals surface area contributed by atoms with E-state index in [1.54, 1.807) is 16.8 Å². The van der Waals surface area contributed by atoms with E-state index in [2.05, 4.69) is 35.9 Å². The van der Waals surface area contributed by atoms with Crippen molar-refractivity contribution in [2.24, 2.45) is 0 Å². The van der Waals surface area contributed by atoms with E-state index in [1.807, 2.05) is 97.9 Å². The molecule has 3 aromatic carbocycles. The van der Waals surface area contributed by atoms with E-state index in [0.717, 1.165) is 28.1 Å². The van der Waals surface area contributed by atoms with Gasteiger partial charge < -0.3 is 15.8 Å². The first-order valence-electron chi connectivity index (χ1n) is 13.3. The van der Waals surface area contributed by atoms with E-state index in [0.29, 0.717) is 29.5 Å². The van der Waals surface area contributed by atoms with Gasteiger partial charge in [-0.25, -0.2) is 9.78 Å². The quantitative estimate of drug-likeness (QED) is 0.221. The maximum Gasteiger partial charge on any atom is 0.324 e. The van der Waals surface area contributed by atoms with Crippen molar-refractivity contribution in [2.75, 3.05) is 16.4 Å². The van der Waals surface area contributed by atoms with Gasteiger partial charge in [0.15, 0.2) is 5.82 Å². The highest BCUT2D eigenvalue weighted by Crippen LogP contribution is 2.25. The zero-order valence-electron chi connectivity index (χ0n) is 22.7. The highest BCUT2D eigenvalue weighted by Gasteiger charge is 2.15. The highest BCUT2D eigenvalue weighted by atomic mass is 16.5. The van der Waals surface area contributed by atoms with Crippen LogP contribution in [-0.4, -0.2) is 35.8 Å². The number of nitrogens with two attached hydrogens (primary N) is 1. The van der Waals surface area contributed by atoms with Crippen molar-refractivity contribution >= 4 is 29.3 Å². The Hall–Kier alpha value is -5.84. The predicted octanol–water partition coefficient (Wildman–Crippen LogP) is 5.54. The fourth-order valence-corrected chi connectivity index (χ4v) is 4.53. The maximum absolute atomic E-state index is 12.8. The lowest BCUT2D eigenvalue weighted by atomic mass is 10.0. The number of hydrogen-bond donors (Lipinski definition) is 3. The van der Waals surface area contributed by atoms with Gasteiger partial charge >= 0.3 is 6.03 Å². The zero-order valence-corrected chi connectivity index (χ0v) is 22.7. The molecule has 0 aliphatic carbocycles. The molecule has 208 valence electrons. The number of rotatable bonds is 8. The number of anilines is 3. The number of nitrogens with one attached hydrogen (secondary N) is 2. The van der Waals surface area contributed by atoms with Crippen LogP contribution in [0.5, 0.6) is 5.75 Å². The summed E-state index contributed by atoms with van der Waals surface area (Å²) in [6.07, 6.45) is 1.95. The van der Waals surface area contributed by atoms with Crippen molar-refractivity contribution in [2.45, 2.75) is 19.4 Å². The van der Waals surface area contributed by atoms with Gasteiger partial charge in [-0.3, -0.25) is 5.32 Å². The normalized spacial score (nSPS) is 11.6. The summed E-state index contributed by atoms with van der Waals surface area (Å²) in [5.74, 6) is 1.64. The molecule has 6 rings (SSSR count). The molecule has 1 atom stereocenters. The Morgan fingerprint density at radius 2 is 1.69 bits per heavy atom. The number of aromatic nitrogens is 6. The molecule has 0 fully saturated rings. The fraction of sp³-hybridized carbons (Fsp3) is 0.0968. The minimum absolute atomic E-state index is 0.157. The molecule has 0 radical (unpaired) electrons. The molecule has 11 heteroatoms. The second-order valence-corrected chi connectivity index (χ2v) is 9.54. The van der Waals surface area contributed by atoms with Crippen LogP contribution < -0.4 is 21.1 Å². The number of ether oxygens (including phenoxy) is 1. The molecule has 42 heavy (non-hydrogen) atoms. The molecule has 3 aromatic heterocycles. The Morgan fingerprint density at radius 3 is 2.48 bits per heavy atom. The monoisotopic (exact) mass is 557 g/mol. The van der Waals surface area contributed by atoms with Crippen LogP contribution in [-0.2, 0) is 6.42 Å². The summed E-state index contributed by atoms with van der Waals surface area (Å²) in [7, 11) is 0. The second kappa shape index (κ2) is 11.7. The maximum atomic E-state index is 12.8. The first-order chi connectivity index (χ1) is 20.5. The van der Waals surface area contributed by atoms with Crippen molar-refractivity contribution in [1.82, 2.24) is 29.8 Å². The van der Waals surface area contributed by atoms with Gasteiger partial charge in [-0.15, -0.1) is 15.3 Å². The number of urea groups is 1. The zero-order chi connectivity index (χ0) is 28.9. The van der Waals surface area contributed by atoms with Crippen molar-refractivity contribution in [3.8, 4) is 17.0 Å². The van der Waals surface area contributed by atoms with Gasteiger partial charge in [0, 0.05) is 17.4 Å². The molecular weight excluding hydrogens is 530 g/mol. The molecule has 3 heterocycles. The van der Waals surface area contributed by atoms with Crippen LogP contribution in [0.3, 0.4) is 0 Å². The highest BCUT2D eigenvalue weighted by molar-refractivity contribution is 5.99. The van der Waals surface area contributed by atoms with E-state index in [-0.39, 0.29) is 12.1 Å². The Balaban J connectivity index is 1.08. The van der Waals surface area contributed by atoms with Crippen LogP contribution in [0.15, 0.2) is 103 Å². The van der Waals surface area contributed by atoms with Crippen LogP contribution in [0, 0.1) is 0 Å². The number of carbonyl (C=O) groups excluding carboxylic acids is 1. The van der Waals surface area contributed by atoms with Gasteiger partial charge in [0.1, 0.15) is 11.9 Å². The van der Waals surface area contributed by atoms with E-state index >= 15 is 0 Å². The average Bonchev–Trinajstić information content (AvgIpc) is 3.40. The average molecular weight is 558 g/mol. The van der Waals surface area contributed by atoms with Gasteiger partial charge in [0.2, 0.25) is 5.95 Å².